The molecule has 0 aromatic heterocycles. The number of rotatable bonds is 7. The van der Waals surface area contributed by atoms with Gasteiger partial charge in [0, 0.05) is 23.5 Å². The number of carbonyl (C=O) groups is 2. The van der Waals surface area contributed by atoms with E-state index in [-0.39, 0.29) is 18.2 Å². The lowest BCUT2D eigenvalue weighted by Crippen LogP contribution is -2.35. The highest BCUT2D eigenvalue weighted by molar-refractivity contribution is 7.99. The number of nitrogens with one attached hydrogen (secondary N) is 2. The van der Waals surface area contributed by atoms with E-state index in [0.29, 0.717) is 18.0 Å². The van der Waals surface area contributed by atoms with Crippen molar-refractivity contribution in [2.24, 2.45) is 0 Å². The zero-order valence-electron chi connectivity index (χ0n) is 14.7. The van der Waals surface area contributed by atoms with E-state index < -0.39 is 5.92 Å². The molecule has 1 atom stereocenters. The van der Waals surface area contributed by atoms with Crippen molar-refractivity contribution >= 4 is 29.3 Å². The van der Waals surface area contributed by atoms with E-state index in [1.54, 1.807) is 31.0 Å². The van der Waals surface area contributed by atoms with E-state index in [0.717, 1.165) is 17.7 Å². The fraction of sp³-hybridized carbons (Fsp3) is 0.300. The van der Waals surface area contributed by atoms with Crippen molar-refractivity contribution in [2.75, 3.05) is 24.7 Å². The van der Waals surface area contributed by atoms with Crippen molar-refractivity contribution in [3.05, 3.63) is 54.1 Å². The molecule has 0 radical (unpaired) electrons. The van der Waals surface area contributed by atoms with Gasteiger partial charge in [-0.05, 0) is 48.1 Å². The molecule has 2 N–H and O–H groups in total. The van der Waals surface area contributed by atoms with Crippen LogP contribution in [0.1, 0.15) is 24.3 Å². The number of hydrogen-bond acceptors (Lipinski definition) is 4. The fourth-order valence-electron chi connectivity index (χ4n) is 2.91. The monoisotopic (exact) mass is 370 g/mol. The number of carbonyl (C=O) groups excluding carboxylic acids is 2. The van der Waals surface area contributed by atoms with E-state index in [4.69, 9.17) is 4.74 Å². The van der Waals surface area contributed by atoms with Gasteiger partial charge in [0.15, 0.2) is 0 Å². The Morgan fingerprint density at radius 1 is 1.27 bits per heavy atom. The number of ether oxygens (including phenoxy) is 1. The van der Waals surface area contributed by atoms with Crippen LogP contribution in [0.3, 0.4) is 0 Å². The molecule has 2 aromatic rings. The third-order valence-corrected chi connectivity index (χ3v) is 5.34. The van der Waals surface area contributed by atoms with Crippen molar-refractivity contribution in [1.82, 2.24) is 5.32 Å². The van der Waals surface area contributed by atoms with Gasteiger partial charge in [0.2, 0.25) is 11.8 Å². The topological polar surface area (TPSA) is 67.4 Å². The van der Waals surface area contributed by atoms with Gasteiger partial charge >= 0.3 is 0 Å². The van der Waals surface area contributed by atoms with Gasteiger partial charge in [0.05, 0.1) is 13.0 Å². The molecular formula is C20H22N2O3S. The summed E-state index contributed by atoms with van der Waals surface area (Å²) in [7, 11) is 1.59. The zero-order valence-corrected chi connectivity index (χ0v) is 15.5. The van der Waals surface area contributed by atoms with Gasteiger partial charge in [0.1, 0.15) is 5.75 Å². The quantitative estimate of drug-likeness (QED) is 0.579. The highest BCUT2D eigenvalue weighted by Gasteiger charge is 2.30. The normalized spacial score (nSPS) is 15.7. The maximum absolute atomic E-state index is 12.6. The highest BCUT2D eigenvalue weighted by Crippen LogP contribution is 2.35. The average molecular weight is 370 g/mol. The lowest BCUT2D eigenvalue weighted by Gasteiger charge is -2.25. The van der Waals surface area contributed by atoms with Crippen LogP contribution in [0.5, 0.6) is 5.75 Å². The summed E-state index contributed by atoms with van der Waals surface area (Å²) in [6.45, 7) is 0.593. The van der Waals surface area contributed by atoms with Crippen molar-refractivity contribution in [1.29, 1.82) is 0 Å². The third-order valence-electron chi connectivity index (χ3n) is 4.25. The zero-order chi connectivity index (χ0) is 18.4. The molecule has 1 aliphatic rings. The third kappa shape index (κ3) is 4.58. The Balaban J connectivity index is 1.54. The number of benzene rings is 2. The molecule has 2 aromatic carbocycles. The molecule has 5 nitrogen and oxygen atoms in total. The molecule has 2 amide bonds. The molecule has 0 saturated carbocycles. The molecule has 0 bridgehead atoms. The summed E-state index contributed by atoms with van der Waals surface area (Å²) in [5.74, 6) is 0.883. The summed E-state index contributed by atoms with van der Waals surface area (Å²) >= 11 is 1.77. The number of thioether (sulfide) groups is 1. The Morgan fingerprint density at radius 2 is 2.08 bits per heavy atom. The molecule has 6 heteroatoms. The first-order valence-corrected chi connectivity index (χ1v) is 9.59. The maximum Gasteiger partial charge on any atom is 0.228 e. The molecule has 136 valence electrons. The lowest BCUT2D eigenvalue weighted by molar-refractivity contribution is -0.126. The summed E-state index contributed by atoms with van der Waals surface area (Å²) in [5.41, 5.74) is 1.49. The van der Waals surface area contributed by atoms with Crippen molar-refractivity contribution in [3.63, 3.8) is 0 Å². The van der Waals surface area contributed by atoms with E-state index in [1.807, 2.05) is 24.3 Å². The van der Waals surface area contributed by atoms with Crippen molar-refractivity contribution in [2.45, 2.75) is 23.7 Å². The van der Waals surface area contributed by atoms with E-state index >= 15 is 0 Å². The summed E-state index contributed by atoms with van der Waals surface area (Å²) in [6, 6.07) is 15.6. The molecule has 0 fully saturated rings. The SMILES string of the molecule is COc1ccc2c(c1)[C@@H](C(=O)NCCCSc1ccccc1)CC(=O)N2. The Labute approximate surface area is 157 Å². The molecule has 0 saturated heterocycles. The second-order valence-corrected chi connectivity index (χ2v) is 7.23. The minimum Gasteiger partial charge on any atom is -0.497 e. The average Bonchev–Trinajstić information content (AvgIpc) is 2.67. The van der Waals surface area contributed by atoms with Crippen molar-refractivity contribution < 1.29 is 14.3 Å². The smallest absolute Gasteiger partial charge is 0.228 e. The Kier molecular flexibility index (Phi) is 6.17. The number of hydrogen-bond donors (Lipinski definition) is 2. The highest BCUT2D eigenvalue weighted by atomic mass is 32.2. The van der Waals surface area contributed by atoms with Crippen LogP contribution in [-0.4, -0.2) is 31.2 Å². The first kappa shape index (κ1) is 18.3. The van der Waals surface area contributed by atoms with Gasteiger partial charge in [-0.25, -0.2) is 0 Å². The number of fused-ring (bicyclic) bond motifs is 1. The van der Waals surface area contributed by atoms with Gasteiger partial charge in [0.25, 0.3) is 0 Å². The first-order chi connectivity index (χ1) is 12.7. The number of methoxy groups -OCH3 is 1. The van der Waals surface area contributed by atoms with E-state index in [2.05, 4.69) is 22.8 Å². The van der Waals surface area contributed by atoms with Crippen LogP contribution in [0, 0.1) is 0 Å². The largest absolute Gasteiger partial charge is 0.497 e. The van der Waals surface area contributed by atoms with Crippen LogP contribution in [0.4, 0.5) is 5.69 Å². The first-order valence-electron chi connectivity index (χ1n) is 8.60. The minimum atomic E-state index is -0.476. The van der Waals surface area contributed by atoms with Crippen LogP contribution in [0.2, 0.25) is 0 Å². The molecule has 3 rings (SSSR count). The van der Waals surface area contributed by atoms with Gasteiger partial charge in [-0.15, -0.1) is 11.8 Å². The van der Waals surface area contributed by atoms with Gasteiger partial charge in [-0.3, -0.25) is 9.59 Å². The van der Waals surface area contributed by atoms with Crippen LogP contribution in [0.25, 0.3) is 0 Å². The minimum absolute atomic E-state index is 0.112. The van der Waals surface area contributed by atoms with Gasteiger partial charge in [-0.2, -0.15) is 0 Å². The molecule has 26 heavy (non-hydrogen) atoms. The van der Waals surface area contributed by atoms with E-state index in [1.165, 1.54) is 4.90 Å². The predicted octanol–water partition coefficient (Wildman–Crippen LogP) is 3.42. The Hall–Kier alpha value is -2.47. The summed E-state index contributed by atoms with van der Waals surface area (Å²) < 4.78 is 5.24. The second kappa shape index (κ2) is 8.76. The lowest BCUT2D eigenvalue weighted by atomic mass is 9.89. The summed E-state index contributed by atoms with van der Waals surface area (Å²) in [4.78, 5) is 25.7. The summed E-state index contributed by atoms with van der Waals surface area (Å²) in [6.07, 6.45) is 1.03. The molecule has 1 heterocycles. The fourth-order valence-corrected chi connectivity index (χ4v) is 3.79. The van der Waals surface area contributed by atoms with Crippen LogP contribution < -0.4 is 15.4 Å². The molecule has 0 unspecified atom stereocenters. The van der Waals surface area contributed by atoms with E-state index in [9.17, 15) is 9.59 Å². The van der Waals surface area contributed by atoms with Gasteiger partial charge in [-0.1, -0.05) is 18.2 Å². The molecule has 1 aliphatic heterocycles. The van der Waals surface area contributed by atoms with Crippen molar-refractivity contribution in [3.8, 4) is 5.75 Å². The molecule has 0 spiro atoms. The molecule has 0 aliphatic carbocycles. The molecular weight excluding hydrogens is 348 g/mol. The maximum atomic E-state index is 12.6. The Bertz CT molecular complexity index is 780. The number of anilines is 1. The van der Waals surface area contributed by atoms with Gasteiger partial charge < -0.3 is 15.4 Å². The Morgan fingerprint density at radius 3 is 2.85 bits per heavy atom. The predicted molar refractivity (Wildman–Crippen MR) is 104 cm³/mol. The summed E-state index contributed by atoms with van der Waals surface area (Å²) in [5, 5.41) is 5.78. The standard InChI is InChI=1S/C20H22N2O3S/c1-25-14-8-9-18-16(12-14)17(13-19(23)22-18)20(24)21-10-5-11-26-15-6-3-2-4-7-15/h2-4,6-9,12,17H,5,10-11,13H2,1H3,(H,21,24)(H,22,23)/t17-/m0/s1. The second-order valence-electron chi connectivity index (χ2n) is 6.06. The van der Waals surface area contributed by atoms with Crippen LogP contribution in [0.15, 0.2) is 53.4 Å². The van der Waals surface area contributed by atoms with Crippen LogP contribution in [-0.2, 0) is 9.59 Å². The van der Waals surface area contributed by atoms with Crippen LogP contribution >= 0.6 is 11.8 Å². The number of amides is 2.